The molecule has 0 N–H and O–H groups in total. The van der Waals surface area contributed by atoms with Crippen molar-refractivity contribution in [2.75, 3.05) is 5.88 Å². The molecule has 1 aliphatic rings. The van der Waals surface area contributed by atoms with Gasteiger partial charge in [0, 0.05) is 5.88 Å². The van der Waals surface area contributed by atoms with E-state index in [1.165, 1.54) is 57.8 Å². The molecule has 0 nitrogen and oxygen atoms in total. The quantitative estimate of drug-likeness (QED) is 0.364. The van der Waals surface area contributed by atoms with Gasteiger partial charge in [-0.2, -0.15) is 0 Å². The molecule has 0 spiro atoms. The lowest BCUT2D eigenvalue weighted by Gasteiger charge is -2.24. The Morgan fingerprint density at radius 3 is 1.59 bits per heavy atom. The zero-order valence-electron chi connectivity index (χ0n) is 12.7. The molecule has 106 valence electrons. The van der Waals surface area contributed by atoms with Gasteiger partial charge in [-0.1, -0.05) is 85.5 Å². The Labute approximate surface area is 116 Å². The number of rotatable bonds is 6. The molecule has 0 saturated heterocycles. The third kappa shape index (κ3) is 18.8. The highest BCUT2D eigenvalue weighted by Crippen LogP contribution is 2.30. The van der Waals surface area contributed by atoms with Gasteiger partial charge in [0.1, 0.15) is 0 Å². The molecule has 1 aliphatic carbocycles. The van der Waals surface area contributed by atoms with Crippen LogP contribution < -0.4 is 0 Å². The monoisotopic (exact) mass is 262 g/mol. The van der Waals surface area contributed by atoms with Gasteiger partial charge in [0.05, 0.1) is 0 Å². The number of unbranched alkanes of at least 4 members (excludes halogenated alkanes) is 3. The fourth-order valence-corrected chi connectivity index (χ4v) is 1.46. The van der Waals surface area contributed by atoms with E-state index in [1.807, 2.05) is 6.92 Å². The second kappa shape index (κ2) is 18.6. The number of hydrogen-bond donors (Lipinski definition) is 0. The summed E-state index contributed by atoms with van der Waals surface area (Å²) in [6.45, 7) is 8.69. The van der Waals surface area contributed by atoms with Crippen molar-refractivity contribution in [2.45, 2.75) is 91.9 Å². The van der Waals surface area contributed by atoms with Crippen molar-refractivity contribution in [1.82, 2.24) is 0 Å². The van der Waals surface area contributed by atoms with Gasteiger partial charge >= 0.3 is 0 Å². The lowest BCUT2D eigenvalue weighted by Crippen LogP contribution is -2.10. The van der Waals surface area contributed by atoms with Crippen molar-refractivity contribution >= 4 is 11.6 Å². The lowest BCUT2D eigenvalue weighted by atomic mass is 9.82. The molecular weight excluding hydrogens is 228 g/mol. The fraction of sp³-hybridized carbons (Fsp3) is 1.00. The van der Waals surface area contributed by atoms with Crippen LogP contribution in [0, 0.1) is 5.92 Å². The standard InChI is InChI=1S/C9H18.C4H10.C3H7Cl/c1-2-3-4-6-9-7-5-8-9;1-3-4-2;1-2-3-4/h9H,2-8H2,1H3;3-4H2,1-2H3;2-3H2,1H3. The van der Waals surface area contributed by atoms with E-state index in [0.717, 1.165) is 18.2 Å². The molecule has 0 atom stereocenters. The van der Waals surface area contributed by atoms with Gasteiger partial charge < -0.3 is 0 Å². The van der Waals surface area contributed by atoms with Gasteiger partial charge in [-0.25, -0.2) is 0 Å². The van der Waals surface area contributed by atoms with E-state index < -0.39 is 0 Å². The predicted octanol–water partition coefficient (Wildman–Crippen LogP) is 6.81. The summed E-state index contributed by atoms with van der Waals surface area (Å²) in [6, 6.07) is 0. The van der Waals surface area contributed by atoms with Gasteiger partial charge in [0.2, 0.25) is 0 Å². The average molecular weight is 263 g/mol. The second-order valence-corrected chi connectivity index (χ2v) is 5.36. The largest absolute Gasteiger partial charge is 0.127 e. The van der Waals surface area contributed by atoms with Crippen LogP contribution in [-0.2, 0) is 0 Å². The third-order valence-corrected chi connectivity index (χ3v) is 3.51. The molecule has 0 aromatic heterocycles. The topological polar surface area (TPSA) is 0 Å². The van der Waals surface area contributed by atoms with Crippen molar-refractivity contribution in [3.8, 4) is 0 Å². The van der Waals surface area contributed by atoms with E-state index in [1.54, 1.807) is 0 Å². The summed E-state index contributed by atoms with van der Waals surface area (Å²) >= 11 is 5.19. The van der Waals surface area contributed by atoms with Crippen LogP contribution in [0.5, 0.6) is 0 Å². The lowest BCUT2D eigenvalue weighted by molar-refractivity contribution is 0.287. The summed E-state index contributed by atoms with van der Waals surface area (Å²) in [5, 5.41) is 0. The number of alkyl halides is 1. The van der Waals surface area contributed by atoms with Crippen molar-refractivity contribution in [2.24, 2.45) is 5.92 Å². The summed E-state index contributed by atoms with van der Waals surface area (Å²) in [5.74, 6) is 1.93. The zero-order chi connectivity index (χ0) is 13.4. The molecule has 17 heavy (non-hydrogen) atoms. The second-order valence-electron chi connectivity index (χ2n) is 4.98. The minimum atomic E-state index is 0.792. The maximum Gasteiger partial charge on any atom is 0.0220 e. The van der Waals surface area contributed by atoms with Crippen LogP contribution in [0.15, 0.2) is 0 Å². The van der Waals surface area contributed by atoms with E-state index >= 15 is 0 Å². The summed E-state index contributed by atoms with van der Waals surface area (Å²) in [4.78, 5) is 0. The minimum absolute atomic E-state index is 0.792. The predicted molar refractivity (Wildman–Crippen MR) is 83.1 cm³/mol. The summed E-state index contributed by atoms with van der Waals surface area (Å²) < 4.78 is 0. The van der Waals surface area contributed by atoms with E-state index in [9.17, 15) is 0 Å². The molecule has 0 amide bonds. The van der Waals surface area contributed by atoms with Crippen molar-refractivity contribution in [3.05, 3.63) is 0 Å². The Morgan fingerprint density at radius 1 is 0.824 bits per heavy atom. The first-order chi connectivity index (χ1) is 8.26. The van der Waals surface area contributed by atoms with Crippen LogP contribution in [0.4, 0.5) is 0 Å². The van der Waals surface area contributed by atoms with Gasteiger partial charge in [-0.3, -0.25) is 0 Å². The molecule has 0 radical (unpaired) electrons. The van der Waals surface area contributed by atoms with Gasteiger partial charge in [0.25, 0.3) is 0 Å². The summed E-state index contributed by atoms with van der Waals surface area (Å²) in [6.07, 6.45) is 14.1. The Morgan fingerprint density at radius 2 is 1.35 bits per heavy atom. The highest BCUT2D eigenvalue weighted by Gasteiger charge is 2.15. The van der Waals surface area contributed by atoms with Crippen LogP contribution in [0.25, 0.3) is 0 Å². The Balaban J connectivity index is 0. The zero-order valence-corrected chi connectivity index (χ0v) is 13.5. The molecule has 0 aromatic rings. The molecule has 0 bridgehead atoms. The first-order valence-corrected chi connectivity index (χ1v) is 8.35. The molecular formula is C16H35Cl. The van der Waals surface area contributed by atoms with E-state index in [2.05, 4.69) is 20.8 Å². The van der Waals surface area contributed by atoms with Crippen LogP contribution in [0.1, 0.15) is 91.9 Å². The first-order valence-electron chi connectivity index (χ1n) is 7.82. The molecule has 0 heterocycles. The Hall–Kier alpha value is 0.290. The Bertz CT molecular complexity index is 100. The molecule has 1 fully saturated rings. The number of halogens is 1. The van der Waals surface area contributed by atoms with Crippen molar-refractivity contribution in [1.29, 1.82) is 0 Å². The third-order valence-electron chi connectivity index (χ3n) is 3.13. The SMILES string of the molecule is CCCC.CCCCCC1CCC1.CCCCl. The Kier molecular flexibility index (Phi) is 21.5. The van der Waals surface area contributed by atoms with Crippen LogP contribution in [-0.4, -0.2) is 5.88 Å². The van der Waals surface area contributed by atoms with Crippen molar-refractivity contribution < 1.29 is 0 Å². The fourth-order valence-electron chi connectivity index (χ4n) is 1.46. The average Bonchev–Trinajstić information content (AvgIpc) is 2.33. The maximum absolute atomic E-state index is 5.19. The van der Waals surface area contributed by atoms with Crippen LogP contribution in [0.2, 0.25) is 0 Å². The summed E-state index contributed by atoms with van der Waals surface area (Å²) in [7, 11) is 0. The smallest absolute Gasteiger partial charge is 0.0220 e. The van der Waals surface area contributed by atoms with E-state index in [4.69, 9.17) is 11.6 Å². The van der Waals surface area contributed by atoms with Gasteiger partial charge in [-0.15, -0.1) is 11.6 Å². The first kappa shape index (κ1) is 19.6. The highest BCUT2D eigenvalue weighted by molar-refractivity contribution is 6.17. The molecule has 1 rings (SSSR count). The molecule has 0 aromatic carbocycles. The van der Waals surface area contributed by atoms with E-state index in [0.29, 0.717) is 0 Å². The normalized spacial score (nSPS) is 13.9. The molecule has 1 saturated carbocycles. The highest BCUT2D eigenvalue weighted by atomic mass is 35.5. The van der Waals surface area contributed by atoms with Crippen LogP contribution in [0.3, 0.4) is 0 Å². The van der Waals surface area contributed by atoms with Crippen molar-refractivity contribution in [3.63, 3.8) is 0 Å². The maximum atomic E-state index is 5.19. The summed E-state index contributed by atoms with van der Waals surface area (Å²) in [5.41, 5.74) is 0. The van der Waals surface area contributed by atoms with Crippen LogP contribution >= 0.6 is 11.6 Å². The minimum Gasteiger partial charge on any atom is -0.127 e. The molecule has 1 heteroatoms. The molecule has 0 unspecified atom stereocenters. The van der Waals surface area contributed by atoms with E-state index in [-0.39, 0.29) is 0 Å². The van der Waals surface area contributed by atoms with Gasteiger partial charge in [-0.05, 0) is 12.3 Å². The van der Waals surface area contributed by atoms with Gasteiger partial charge in [0.15, 0.2) is 0 Å². The molecule has 0 aliphatic heterocycles. The number of hydrogen-bond acceptors (Lipinski definition) is 0.